The van der Waals surface area contributed by atoms with Crippen molar-refractivity contribution in [3.8, 4) is 0 Å². The molecule has 2 saturated heterocycles. The molecule has 0 radical (unpaired) electrons. The van der Waals surface area contributed by atoms with Gasteiger partial charge in [-0.1, -0.05) is 20.3 Å². The maximum atomic E-state index is 3.45. The van der Waals surface area contributed by atoms with Crippen molar-refractivity contribution in [3.05, 3.63) is 0 Å². The quantitative estimate of drug-likeness (QED) is 0.770. The topological polar surface area (TPSA) is 27.3 Å². The van der Waals surface area contributed by atoms with Gasteiger partial charge in [0.1, 0.15) is 0 Å². The summed E-state index contributed by atoms with van der Waals surface area (Å²) in [5, 5.41) is 6.88. The van der Waals surface area contributed by atoms with Gasteiger partial charge in [0.25, 0.3) is 0 Å². The molecule has 3 heteroatoms. The van der Waals surface area contributed by atoms with Crippen molar-refractivity contribution in [1.29, 1.82) is 0 Å². The molecule has 0 spiro atoms. The first-order valence-electron chi connectivity index (χ1n) is 7.43. The molecule has 2 aliphatic heterocycles. The normalized spacial score (nSPS) is 27.4. The zero-order valence-electron chi connectivity index (χ0n) is 12.0. The third-order valence-electron chi connectivity index (χ3n) is 3.59. The highest BCUT2D eigenvalue weighted by Gasteiger charge is 2.22. The van der Waals surface area contributed by atoms with Gasteiger partial charge in [0, 0.05) is 32.2 Å². The van der Waals surface area contributed by atoms with Crippen LogP contribution in [-0.4, -0.2) is 50.2 Å². The number of nitrogens with zero attached hydrogens (tertiary/aromatic N) is 1. The first-order chi connectivity index (χ1) is 8.27. The fourth-order valence-electron chi connectivity index (χ4n) is 2.55. The monoisotopic (exact) mass is 241 g/mol. The fourth-order valence-corrected chi connectivity index (χ4v) is 2.55. The van der Waals surface area contributed by atoms with Crippen molar-refractivity contribution in [2.45, 2.75) is 46.1 Å². The Morgan fingerprint density at radius 2 is 1.71 bits per heavy atom. The molecule has 1 atom stereocenters. The van der Waals surface area contributed by atoms with Crippen molar-refractivity contribution >= 4 is 0 Å². The summed E-state index contributed by atoms with van der Waals surface area (Å²) in [5.41, 5.74) is 0. The molecule has 2 fully saturated rings. The fraction of sp³-hybridized carbons (Fsp3) is 1.00. The molecule has 0 aromatic rings. The van der Waals surface area contributed by atoms with Crippen molar-refractivity contribution in [2.24, 2.45) is 5.92 Å². The Labute approximate surface area is 107 Å². The Balaban J connectivity index is 0.000000437. The largest absolute Gasteiger partial charge is 0.317 e. The van der Waals surface area contributed by atoms with E-state index in [4.69, 9.17) is 0 Å². The van der Waals surface area contributed by atoms with Crippen molar-refractivity contribution in [3.63, 3.8) is 0 Å². The Morgan fingerprint density at radius 1 is 1.06 bits per heavy atom. The second kappa shape index (κ2) is 8.90. The standard InChI is InChI=1S/C11H23N3.C3H8/c1-10-8-13-6-7-14(10)9-11-2-4-12-5-3-11;1-3-2/h10-13H,2-9H2,1H3;3H2,1-2H3/t10-;/m0./s1. The number of hydrogen-bond acceptors (Lipinski definition) is 3. The Hall–Kier alpha value is -0.120. The van der Waals surface area contributed by atoms with Gasteiger partial charge in [-0.2, -0.15) is 0 Å². The molecule has 2 N–H and O–H groups in total. The van der Waals surface area contributed by atoms with E-state index >= 15 is 0 Å². The number of hydrogen-bond donors (Lipinski definition) is 2. The highest BCUT2D eigenvalue weighted by Crippen LogP contribution is 2.15. The van der Waals surface area contributed by atoms with Crippen LogP contribution in [0.1, 0.15) is 40.0 Å². The number of rotatable bonds is 2. The molecule has 2 heterocycles. The Morgan fingerprint density at radius 3 is 2.29 bits per heavy atom. The highest BCUT2D eigenvalue weighted by atomic mass is 15.2. The number of piperazine rings is 1. The zero-order valence-corrected chi connectivity index (χ0v) is 12.0. The summed E-state index contributed by atoms with van der Waals surface area (Å²) in [7, 11) is 0. The Bertz CT molecular complexity index is 178. The third-order valence-corrected chi connectivity index (χ3v) is 3.59. The lowest BCUT2D eigenvalue weighted by atomic mass is 9.96. The molecule has 0 aromatic heterocycles. The van der Waals surface area contributed by atoms with E-state index in [-0.39, 0.29) is 0 Å². The van der Waals surface area contributed by atoms with E-state index in [1.807, 2.05) is 0 Å². The summed E-state index contributed by atoms with van der Waals surface area (Å²) in [5.74, 6) is 0.941. The van der Waals surface area contributed by atoms with Crippen LogP contribution in [0, 0.1) is 5.92 Å². The minimum atomic E-state index is 0.735. The number of piperidine rings is 1. The van der Waals surface area contributed by atoms with E-state index in [0.29, 0.717) is 0 Å². The van der Waals surface area contributed by atoms with Crippen molar-refractivity contribution < 1.29 is 0 Å². The van der Waals surface area contributed by atoms with Crippen LogP contribution in [0.5, 0.6) is 0 Å². The average Bonchev–Trinajstić information content (AvgIpc) is 2.35. The second-order valence-corrected chi connectivity index (χ2v) is 5.45. The smallest absolute Gasteiger partial charge is 0.0193 e. The predicted octanol–water partition coefficient (Wildman–Crippen LogP) is 1.70. The third kappa shape index (κ3) is 5.84. The van der Waals surface area contributed by atoms with Crippen LogP contribution >= 0.6 is 0 Å². The number of nitrogens with one attached hydrogen (secondary N) is 2. The summed E-state index contributed by atoms with van der Waals surface area (Å²) in [6.07, 6.45) is 3.99. The lowest BCUT2D eigenvalue weighted by Crippen LogP contribution is -2.51. The van der Waals surface area contributed by atoms with E-state index in [1.165, 1.54) is 58.5 Å². The molecule has 0 aliphatic carbocycles. The average molecular weight is 241 g/mol. The molecule has 2 rings (SSSR count). The van der Waals surface area contributed by atoms with Gasteiger partial charge in [-0.3, -0.25) is 4.90 Å². The minimum Gasteiger partial charge on any atom is -0.317 e. The summed E-state index contributed by atoms with van der Waals surface area (Å²) >= 11 is 0. The Kier molecular flexibility index (Phi) is 7.82. The molecular weight excluding hydrogens is 210 g/mol. The van der Waals surface area contributed by atoms with Crippen LogP contribution in [0.4, 0.5) is 0 Å². The molecule has 0 unspecified atom stereocenters. The van der Waals surface area contributed by atoms with Gasteiger partial charge < -0.3 is 10.6 Å². The summed E-state index contributed by atoms with van der Waals surface area (Å²) < 4.78 is 0. The SMILES string of the molecule is CCC.C[C@H]1CNCCN1CC1CCNCC1. The lowest BCUT2D eigenvalue weighted by Gasteiger charge is -2.37. The molecule has 0 saturated carbocycles. The first kappa shape index (κ1) is 14.9. The van der Waals surface area contributed by atoms with Crippen LogP contribution in [0.15, 0.2) is 0 Å². The molecule has 17 heavy (non-hydrogen) atoms. The van der Waals surface area contributed by atoms with Gasteiger partial charge in [-0.05, 0) is 38.8 Å². The maximum absolute atomic E-state index is 3.45. The molecule has 0 bridgehead atoms. The highest BCUT2D eigenvalue weighted by molar-refractivity contribution is 4.80. The maximum Gasteiger partial charge on any atom is 0.0193 e. The summed E-state index contributed by atoms with van der Waals surface area (Å²) in [4.78, 5) is 2.66. The summed E-state index contributed by atoms with van der Waals surface area (Å²) in [6, 6.07) is 0.735. The van der Waals surface area contributed by atoms with E-state index in [9.17, 15) is 0 Å². The van der Waals surface area contributed by atoms with Gasteiger partial charge in [0.15, 0.2) is 0 Å². The van der Waals surface area contributed by atoms with Gasteiger partial charge >= 0.3 is 0 Å². The zero-order chi connectivity index (χ0) is 12.5. The van der Waals surface area contributed by atoms with E-state index in [2.05, 4.69) is 36.3 Å². The van der Waals surface area contributed by atoms with E-state index < -0.39 is 0 Å². The molecule has 0 amide bonds. The van der Waals surface area contributed by atoms with Crippen molar-refractivity contribution in [1.82, 2.24) is 15.5 Å². The van der Waals surface area contributed by atoms with Crippen LogP contribution in [-0.2, 0) is 0 Å². The lowest BCUT2D eigenvalue weighted by molar-refractivity contribution is 0.136. The van der Waals surface area contributed by atoms with E-state index in [1.54, 1.807) is 0 Å². The van der Waals surface area contributed by atoms with Crippen LogP contribution < -0.4 is 10.6 Å². The van der Waals surface area contributed by atoms with Crippen LogP contribution in [0.25, 0.3) is 0 Å². The van der Waals surface area contributed by atoms with Crippen LogP contribution in [0.2, 0.25) is 0 Å². The molecule has 3 nitrogen and oxygen atoms in total. The minimum absolute atomic E-state index is 0.735. The van der Waals surface area contributed by atoms with Crippen LogP contribution in [0.3, 0.4) is 0 Å². The summed E-state index contributed by atoms with van der Waals surface area (Å²) in [6.45, 7) is 14.0. The molecule has 2 aliphatic rings. The predicted molar refractivity (Wildman–Crippen MR) is 75.5 cm³/mol. The van der Waals surface area contributed by atoms with E-state index in [0.717, 1.165) is 12.0 Å². The molecule has 102 valence electrons. The van der Waals surface area contributed by atoms with Crippen molar-refractivity contribution in [2.75, 3.05) is 39.3 Å². The molecule has 0 aromatic carbocycles. The first-order valence-corrected chi connectivity index (χ1v) is 7.43. The second-order valence-electron chi connectivity index (χ2n) is 5.45. The molecular formula is C14H31N3. The van der Waals surface area contributed by atoms with Gasteiger partial charge in [-0.25, -0.2) is 0 Å². The van der Waals surface area contributed by atoms with Gasteiger partial charge in [-0.15, -0.1) is 0 Å². The van der Waals surface area contributed by atoms with Gasteiger partial charge in [0.05, 0.1) is 0 Å². The van der Waals surface area contributed by atoms with Gasteiger partial charge in [0.2, 0.25) is 0 Å².